The number of rotatable bonds is 5. The van der Waals surface area contributed by atoms with Crippen molar-refractivity contribution < 1.29 is 13.6 Å². The van der Waals surface area contributed by atoms with Crippen LogP contribution < -0.4 is 5.32 Å². The maximum atomic E-state index is 13.3. The van der Waals surface area contributed by atoms with Gasteiger partial charge >= 0.3 is 0 Å². The van der Waals surface area contributed by atoms with Gasteiger partial charge in [-0.3, -0.25) is 4.79 Å². The summed E-state index contributed by atoms with van der Waals surface area (Å²) in [5.41, 5.74) is 0.0880. The SMILES string of the molecule is O=C(Cc1cccc(F)c1F)NCC(Br)C1CC1. The van der Waals surface area contributed by atoms with Crippen molar-refractivity contribution in [3.63, 3.8) is 0 Å². The molecule has 1 unspecified atom stereocenters. The second-order valence-corrected chi connectivity index (χ2v) is 5.72. The molecule has 0 radical (unpaired) electrons. The second kappa shape index (κ2) is 5.78. The summed E-state index contributed by atoms with van der Waals surface area (Å²) >= 11 is 3.50. The molecule has 2 rings (SSSR count). The molecule has 1 fully saturated rings. The molecule has 1 aromatic carbocycles. The molecular weight excluding hydrogens is 304 g/mol. The molecule has 0 bridgehead atoms. The molecule has 1 N–H and O–H groups in total. The van der Waals surface area contributed by atoms with E-state index in [0.29, 0.717) is 12.5 Å². The van der Waals surface area contributed by atoms with E-state index in [2.05, 4.69) is 21.2 Å². The minimum atomic E-state index is -0.940. The van der Waals surface area contributed by atoms with Crippen molar-refractivity contribution in [3.05, 3.63) is 35.4 Å². The summed E-state index contributed by atoms with van der Waals surface area (Å²) < 4.78 is 26.3. The number of nitrogens with one attached hydrogen (secondary N) is 1. The average Bonchev–Trinajstić information content (AvgIpc) is 3.16. The van der Waals surface area contributed by atoms with Gasteiger partial charge in [-0.2, -0.15) is 0 Å². The molecular formula is C13H14BrF2NO. The van der Waals surface area contributed by atoms with Crippen LogP contribution in [0.25, 0.3) is 0 Å². The topological polar surface area (TPSA) is 29.1 Å². The first-order valence-corrected chi connectivity index (χ1v) is 6.83. The molecule has 0 aliphatic heterocycles. The van der Waals surface area contributed by atoms with Crippen molar-refractivity contribution in [2.75, 3.05) is 6.54 Å². The number of halogens is 3. The van der Waals surface area contributed by atoms with Crippen molar-refractivity contribution in [2.45, 2.75) is 24.1 Å². The van der Waals surface area contributed by atoms with Crippen LogP contribution in [0.1, 0.15) is 18.4 Å². The van der Waals surface area contributed by atoms with E-state index in [0.717, 1.165) is 6.07 Å². The molecule has 1 aliphatic carbocycles. The van der Waals surface area contributed by atoms with Gasteiger partial charge < -0.3 is 5.32 Å². The molecule has 5 heteroatoms. The van der Waals surface area contributed by atoms with Gasteiger partial charge in [-0.05, 0) is 24.8 Å². The summed E-state index contributed by atoms with van der Waals surface area (Å²) in [6.07, 6.45) is 2.24. The van der Waals surface area contributed by atoms with Gasteiger partial charge in [0, 0.05) is 16.9 Å². The van der Waals surface area contributed by atoms with E-state index in [1.165, 1.54) is 25.0 Å². The van der Waals surface area contributed by atoms with Crippen molar-refractivity contribution in [2.24, 2.45) is 5.92 Å². The van der Waals surface area contributed by atoms with E-state index >= 15 is 0 Å². The number of benzene rings is 1. The monoisotopic (exact) mass is 317 g/mol. The van der Waals surface area contributed by atoms with E-state index in [9.17, 15) is 13.6 Å². The first-order chi connectivity index (χ1) is 8.58. The third-order valence-corrected chi connectivity index (χ3v) is 4.08. The predicted octanol–water partition coefficient (Wildman–Crippen LogP) is 2.80. The molecule has 98 valence electrons. The highest BCUT2D eigenvalue weighted by Crippen LogP contribution is 2.36. The second-order valence-electron chi connectivity index (χ2n) is 4.55. The molecule has 1 aliphatic rings. The highest BCUT2D eigenvalue weighted by Gasteiger charge is 2.29. The zero-order chi connectivity index (χ0) is 13.1. The largest absolute Gasteiger partial charge is 0.355 e. The number of hydrogen-bond acceptors (Lipinski definition) is 1. The van der Waals surface area contributed by atoms with Crippen molar-refractivity contribution >= 4 is 21.8 Å². The molecule has 0 heterocycles. The third kappa shape index (κ3) is 3.51. The lowest BCUT2D eigenvalue weighted by Crippen LogP contribution is -2.31. The Labute approximate surface area is 113 Å². The highest BCUT2D eigenvalue weighted by molar-refractivity contribution is 9.09. The number of carbonyl (C=O) groups excluding carboxylic acids is 1. The van der Waals surface area contributed by atoms with Crippen LogP contribution in [0.5, 0.6) is 0 Å². The lowest BCUT2D eigenvalue weighted by Gasteiger charge is -2.10. The minimum absolute atomic E-state index is 0.0880. The van der Waals surface area contributed by atoms with Crippen LogP contribution in [-0.4, -0.2) is 17.3 Å². The van der Waals surface area contributed by atoms with Crippen molar-refractivity contribution in [1.82, 2.24) is 5.32 Å². The Balaban J connectivity index is 1.84. The van der Waals surface area contributed by atoms with Crippen molar-refractivity contribution in [1.29, 1.82) is 0 Å². The van der Waals surface area contributed by atoms with E-state index in [-0.39, 0.29) is 22.7 Å². The first-order valence-electron chi connectivity index (χ1n) is 5.91. The normalized spacial score (nSPS) is 16.4. The fourth-order valence-electron chi connectivity index (χ4n) is 1.76. The van der Waals surface area contributed by atoms with Gasteiger partial charge in [-0.25, -0.2) is 8.78 Å². The quantitative estimate of drug-likeness (QED) is 0.831. The molecule has 1 atom stereocenters. The van der Waals surface area contributed by atoms with Crippen LogP contribution in [0.4, 0.5) is 8.78 Å². The lowest BCUT2D eigenvalue weighted by atomic mass is 10.1. The highest BCUT2D eigenvalue weighted by atomic mass is 79.9. The van der Waals surface area contributed by atoms with Gasteiger partial charge in [0.05, 0.1) is 6.42 Å². The molecule has 0 saturated heterocycles. The Hall–Kier alpha value is -0.970. The van der Waals surface area contributed by atoms with Crippen LogP contribution in [-0.2, 0) is 11.2 Å². The number of hydrogen-bond donors (Lipinski definition) is 1. The summed E-state index contributed by atoms with van der Waals surface area (Å²) in [4.78, 5) is 11.9. The van der Waals surface area contributed by atoms with Gasteiger partial charge in [0.2, 0.25) is 5.91 Å². The molecule has 1 amide bonds. The zero-order valence-electron chi connectivity index (χ0n) is 9.76. The maximum absolute atomic E-state index is 13.3. The fourth-order valence-corrected chi connectivity index (χ4v) is 2.45. The minimum Gasteiger partial charge on any atom is -0.355 e. The van der Waals surface area contributed by atoms with Gasteiger partial charge in [0.25, 0.3) is 0 Å². The number of alkyl halides is 1. The van der Waals surface area contributed by atoms with Crippen LogP contribution in [0, 0.1) is 17.6 Å². The van der Waals surface area contributed by atoms with Crippen LogP contribution >= 0.6 is 15.9 Å². The summed E-state index contributed by atoms with van der Waals surface area (Å²) in [6.45, 7) is 0.528. The summed E-state index contributed by atoms with van der Waals surface area (Å²) in [5.74, 6) is -1.51. The molecule has 1 saturated carbocycles. The van der Waals surface area contributed by atoms with Crippen LogP contribution in [0.3, 0.4) is 0 Å². The molecule has 2 nitrogen and oxygen atoms in total. The number of carbonyl (C=O) groups is 1. The lowest BCUT2D eigenvalue weighted by molar-refractivity contribution is -0.120. The molecule has 0 aromatic heterocycles. The summed E-state index contributed by atoms with van der Waals surface area (Å²) in [6, 6.07) is 3.86. The average molecular weight is 318 g/mol. The third-order valence-electron chi connectivity index (χ3n) is 3.01. The zero-order valence-corrected chi connectivity index (χ0v) is 11.3. The van der Waals surface area contributed by atoms with Gasteiger partial charge in [0.1, 0.15) is 0 Å². The predicted molar refractivity (Wildman–Crippen MR) is 68.5 cm³/mol. The maximum Gasteiger partial charge on any atom is 0.224 e. The number of amides is 1. The Bertz CT molecular complexity index is 449. The van der Waals surface area contributed by atoms with Gasteiger partial charge in [-0.15, -0.1) is 0 Å². The van der Waals surface area contributed by atoms with Crippen LogP contribution in [0.15, 0.2) is 18.2 Å². The Morgan fingerprint density at radius 2 is 2.17 bits per heavy atom. The standard InChI is InChI=1S/C13H14BrF2NO/c14-10(8-4-5-8)7-17-12(18)6-9-2-1-3-11(15)13(9)16/h1-3,8,10H,4-7H2,(H,17,18). The van der Waals surface area contributed by atoms with E-state index in [1.807, 2.05) is 0 Å². The molecule has 18 heavy (non-hydrogen) atoms. The van der Waals surface area contributed by atoms with E-state index in [4.69, 9.17) is 0 Å². The van der Waals surface area contributed by atoms with Crippen molar-refractivity contribution in [3.8, 4) is 0 Å². The Morgan fingerprint density at radius 3 is 2.83 bits per heavy atom. The Morgan fingerprint density at radius 1 is 1.44 bits per heavy atom. The van der Waals surface area contributed by atoms with Gasteiger partial charge in [-0.1, -0.05) is 28.1 Å². The molecule has 1 aromatic rings. The van der Waals surface area contributed by atoms with E-state index in [1.54, 1.807) is 0 Å². The Kier molecular flexibility index (Phi) is 4.32. The van der Waals surface area contributed by atoms with E-state index < -0.39 is 11.6 Å². The molecule has 0 spiro atoms. The smallest absolute Gasteiger partial charge is 0.224 e. The summed E-state index contributed by atoms with van der Waals surface area (Å²) in [5, 5.41) is 2.72. The first kappa shape index (κ1) is 13.5. The van der Waals surface area contributed by atoms with Gasteiger partial charge in [0.15, 0.2) is 11.6 Å². The van der Waals surface area contributed by atoms with Crippen LogP contribution in [0.2, 0.25) is 0 Å². The summed E-state index contributed by atoms with van der Waals surface area (Å²) in [7, 11) is 0. The fraction of sp³-hybridized carbons (Fsp3) is 0.462.